The fourth-order valence-corrected chi connectivity index (χ4v) is 2.30. The van der Waals surface area contributed by atoms with Gasteiger partial charge in [-0.15, -0.1) is 0 Å². The topological polar surface area (TPSA) is 0 Å². The van der Waals surface area contributed by atoms with Crippen LogP contribution in [-0.2, 0) is 4.43 Å². The maximum absolute atomic E-state index is 2.32. The van der Waals surface area contributed by atoms with Gasteiger partial charge < -0.3 is 0 Å². The van der Waals surface area contributed by atoms with Gasteiger partial charge in [-0.05, 0) is 0 Å². The molecule has 1 heteroatoms. The maximum atomic E-state index is 2.32. The number of hydrogen-bond donors (Lipinski definition) is 0. The van der Waals surface area contributed by atoms with E-state index in [2.05, 4.69) is 36.1 Å². The third kappa shape index (κ3) is 2.29. The molecule has 0 N–H and O–H groups in total. The Bertz CT molecular complexity index is 206. The normalized spacial score (nSPS) is 10.2. The first-order valence-corrected chi connectivity index (χ1v) is 7.00. The van der Waals surface area contributed by atoms with Gasteiger partial charge in [0.1, 0.15) is 0 Å². The molecule has 10 heavy (non-hydrogen) atoms. The molecule has 0 amide bonds. The summed E-state index contributed by atoms with van der Waals surface area (Å²) >= 11 is 0.416. The van der Waals surface area contributed by atoms with E-state index in [9.17, 15) is 0 Å². The molecule has 0 saturated carbocycles. The number of benzene rings is 1. The van der Waals surface area contributed by atoms with E-state index in [0.29, 0.717) is 21.2 Å². The van der Waals surface area contributed by atoms with Crippen molar-refractivity contribution in [2.24, 2.45) is 0 Å². The van der Waals surface area contributed by atoms with Crippen LogP contribution in [0.2, 0.25) is 0 Å². The third-order valence-electron chi connectivity index (χ3n) is 1.37. The van der Waals surface area contributed by atoms with Crippen molar-refractivity contribution in [3.8, 4) is 0 Å². The second kappa shape index (κ2) is 3.96. The molecule has 0 atom stereocenters. The summed E-state index contributed by atoms with van der Waals surface area (Å²) in [4.78, 5) is 2.32. The Balaban J connectivity index is 2.75. The van der Waals surface area contributed by atoms with Crippen LogP contribution < -0.4 is 21.2 Å². The first-order valence-electron chi connectivity index (χ1n) is 3.32. The van der Waals surface area contributed by atoms with Crippen LogP contribution in [0.5, 0.6) is 0 Å². The van der Waals surface area contributed by atoms with E-state index < -0.39 is 0 Å². The third-order valence-corrected chi connectivity index (χ3v) is 3.01. The average molecular weight is 247 g/mol. The molecule has 0 fully saturated rings. The van der Waals surface area contributed by atoms with E-state index in [0.717, 1.165) is 0 Å². The summed E-state index contributed by atoms with van der Waals surface area (Å²) in [5.74, 6) is 0. The fourth-order valence-electron chi connectivity index (χ4n) is 0.950. The van der Waals surface area contributed by atoms with Crippen LogP contribution in [0.1, 0.15) is 11.1 Å². The molecule has 0 aliphatic carbocycles. The SMILES string of the molecule is C[I-]Cc1cccc(C)c1. The van der Waals surface area contributed by atoms with Gasteiger partial charge in [0.2, 0.25) is 0 Å². The fraction of sp³-hybridized carbons (Fsp3) is 0.333. The minimum absolute atomic E-state index is 0.416. The van der Waals surface area contributed by atoms with Gasteiger partial charge >= 0.3 is 72.9 Å². The Morgan fingerprint density at radius 3 is 2.80 bits per heavy atom. The van der Waals surface area contributed by atoms with Gasteiger partial charge in [-0.1, -0.05) is 0 Å². The standard InChI is InChI=1S/C9H12I/c1-8-4-3-5-9(6-8)7-10-2/h3-6H,7H2,1-2H3/q-1. The van der Waals surface area contributed by atoms with Gasteiger partial charge in [-0.3, -0.25) is 0 Å². The van der Waals surface area contributed by atoms with Crippen molar-refractivity contribution in [1.29, 1.82) is 0 Å². The molecule has 0 bridgehead atoms. The first-order chi connectivity index (χ1) is 4.83. The quantitative estimate of drug-likeness (QED) is 0.475. The molecule has 0 unspecified atom stereocenters. The van der Waals surface area contributed by atoms with Crippen LogP contribution in [0.3, 0.4) is 0 Å². The second-order valence-corrected chi connectivity index (χ2v) is 4.68. The van der Waals surface area contributed by atoms with Crippen LogP contribution in [0.4, 0.5) is 0 Å². The Morgan fingerprint density at radius 2 is 2.20 bits per heavy atom. The minimum atomic E-state index is 0.416. The van der Waals surface area contributed by atoms with Crippen molar-refractivity contribution in [2.75, 3.05) is 4.93 Å². The van der Waals surface area contributed by atoms with E-state index in [4.69, 9.17) is 0 Å². The first kappa shape index (κ1) is 8.05. The van der Waals surface area contributed by atoms with Crippen molar-refractivity contribution in [1.82, 2.24) is 0 Å². The van der Waals surface area contributed by atoms with E-state index in [1.54, 1.807) is 0 Å². The molecule has 1 aromatic carbocycles. The van der Waals surface area contributed by atoms with Crippen LogP contribution in [0, 0.1) is 6.92 Å². The summed E-state index contributed by atoms with van der Waals surface area (Å²) in [5, 5.41) is 0. The summed E-state index contributed by atoms with van der Waals surface area (Å²) in [6.45, 7) is 2.15. The van der Waals surface area contributed by atoms with Crippen LogP contribution in [0.25, 0.3) is 0 Å². The summed E-state index contributed by atoms with van der Waals surface area (Å²) < 4.78 is 1.32. The van der Waals surface area contributed by atoms with Gasteiger partial charge in [0.15, 0.2) is 0 Å². The number of rotatable bonds is 2. The Morgan fingerprint density at radius 1 is 1.40 bits per heavy atom. The van der Waals surface area contributed by atoms with Crippen LogP contribution in [-0.4, -0.2) is 4.93 Å². The molecule has 0 radical (unpaired) electrons. The van der Waals surface area contributed by atoms with Gasteiger partial charge in [0, 0.05) is 0 Å². The van der Waals surface area contributed by atoms with Crippen molar-refractivity contribution in [3.63, 3.8) is 0 Å². The molecule has 0 aliphatic heterocycles. The van der Waals surface area contributed by atoms with Crippen molar-refractivity contribution in [2.45, 2.75) is 11.4 Å². The number of alkyl halides is 2. The number of hydrogen-bond acceptors (Lipinski definition) is 0. The molecule has 0 nitrogen and oxygen atoms in total. The zero-order valence-corrected chi connectivity index (χ0v) is 8.55. The molecule has 0 aromatic heterocycles. The van der Waals surface area contributed by atoms with Gasteiger partial charge in [-0.25, -0.2) is 0 Å². The van der Waals surface area contributed by atoms with Crippen molar-refractivity contribution in [3.05, 3.63) is 35.4 Å². The second-order valence-electron chi connectivity index (χ2n) is 2.39. The van der Waals surface area contributed by atoms with E-state index in [1.165, 1.54) is 15.6 Å². The Hall–Kier alpha value is -0.0500. The summed E-state index contributed by atoms with van der Waals surface area (Å²) in [6.07, 6.45) is 0. The van der Waals surface area contributed by atoms with Crippen molar-refractivity contribution >= 4 is 0 Å². The van der Waals surface area contributed by atoms with Gasteiger partial charge in [0.25, 0.3) is 0 Å². The number of aryl methyl sites for hydroxylation is 1. The summed E-state index contributed by atoms with van der Waals surface area (Å²) in [6, 6.07) is 8.79. The average Bonchev–Trinajstić information content (AvgIpc) is 1.88. The number of halogens is 1. The molecule has 1 rings (SSSR count). The molecule has 0 saturated heterocycles. The predicted molar refractivity (Wildman–Crippen MR) is 40.8 cm³/mol. The molecule has 56 valence electrons. The predicted octanol–water partition coefficient (Wildman–Crippen LogP) is -0.786. The van der Waals surface area contributed by atoms with E-state index >= 15 is 0 Å². The molecule has 0 spiro atoms. The Kier molecular flexibility index (Phi) is 3.19. The zero-order chi connectivity index (χ0) is 7.40. The molecular formula is C9H12I-. The summed E-state index contributed by atoms with van der Waals surface area (Å²) in [7, 11) is 0. The molecular weight excluding hydrogens is 235 g/mol. The van der Waals surface area contributed by atoms with E-state index in [-0.39, 0.29) is 0 Å². The zero-order valence-electron chi connectivity index (χ0n) is 6.39. The van der Waals surface area contributed by atoms with E-state index in [1.807, 2.05) is 0 Å². The molecule has 0 aliphatic rings. The molecule has 0 heterocycles. The monoisotopic (exact) mass is 247 g/mol. The summed E-state index contributed by atoms with van der Waals surface area (Å²) in [5.41, 5.74) is 2.89. The van der Waals surface area contributed by atoms with Crippen LogP contribution >= 0.6 is 0 Å². The van der Waals surface area contributed by atoms with Crippen molar-refractivity contribution < 1.29 is 21.2 Å². The molecule has 1 aromatic rings. The van der Waals surface area contributed by atoms with Gasteiger partial charge in [-0.2, -0.15) is 0 Å². The van der Waals surface area contributed by atoms with Gasteiger partial charge in [0.05, 0.1) is 0 Å². The Labute approximate surface area is 72.9 Å². The van der Waals surface area contributed by atoms with Crippen LogP contribution in [0.15, 0.2) is 24.3 Å².